The number of hydrogen-bond acceptors (Lipinski definition) is 20. The van der Waals surface area contributed by atoms with E-state index in [1.165, 1.54) is 21.8 Å². The lowest BCUT2D eigenvalue weighted by Crippen LogP contribution is -2.33. The number of imidazole rings is 2. The molecule has 28 heteroatoms. The summed E-state index contributed by atoms with van der Waals surface area (Å²) in [6, 6.07) is 0. The van der Waals surface area contributed by atoms with E-state index in [1.54, 1.807) is 0 Å². The minimum Gasteiger partial charge on any atom is -0.387 e. The molecule has 0 spiro atoms. The number of anilines is 2. The molecule has 2 fully saturated rings. The Hall–Kier alpha value is -2.67. The second-order valence-electron chi connectivity index (χ2n) is 10.8. The zero-order valence-corrected chi connectivity index (χ0v) is 28.0. The van der Waals surface area contributed by atoms with E-state index in [1.807, 2.05) is 0 Å². The molecule has 11 atom stereocenters. The van der Waals surface area contributed by atoms with Crippen LogP contribution in [0.3, 0.4) is 0 Å². The molecule has 24 nitrogen and oxygen atoms in total. The third-order valence-corrected chi connectivity index (χ3v) is 14.1. The topological polar surface area (TPSA) is 361 Å². The molecule has 11 N–H and O–H groups in total. The van der Waals surface area contributed by atoms with Crippen molar-refractivity contribution in [1.82, 2.24) is 39.0 Å². The van der Waals surface area contributed by atoms with Gasteiger partial charge < -0.3 is 65.1 Å². The molecule has 49 heavy (non-hydrogen) atoms. The van der Waals surface area contributed by atoms with Crippen LogP contribution in [0, 0.1) is 0 Å². The Morgan fingerprint density at radius 3 is 1.63 bits per heavy atom. The standard InChI is InChI=1S/C21H29N10O14P3S/c22-16-10-18(26-3-24-16)30(5-28-10)20-14(34)12(32)8(43-20)1-41-46(36,37)7-47(38,39)45-48(40,49)42-2-9-13(33)15(35)21(44-9)31-6-29-11-17(23)25-4-27-19(11)31/h3-6,8-9,12-15,20-21,32-35H,1-2,7H2,(H,36,37)(H,38,39)(H,40,49)(H2,22,24,26)(H2,23,25,27). The van der Waals surface area contributed by atoms with Crippen molar-refractivity contribution in [2.75, 3.05) is 30.6 Å². The highest BCUT2D eigenvalue weighted by atomic mass is 32.5. The van der Waals surface area contributed by atoms with Crippen molar-refractivity contribution >= 4 is 67.7 Å². The minimum absolute atomic E-state index is 0.0471. The molecule has 6 heterocycles. The molecule has 268 valence electrons. The normalized spacial score (nSPS) is 31.2. The smallest absolute Gasteiger partial charge is 0.347 e. The minimum atomic E-state index is -5.23. The first-order valence-electron chi connectivity index (χ1n) is 13.8. The van der Waals surface area contributed by atoms with Crippen molar-refractivity contribution in [3.63, 3.8) is 0 Å². The van der Waals surface area contributed by atoms with Gasteiger partial charge in [0, 0.05) is 0 Å². The molecule has 11 unspecified atom stereocenters. The lowest BCUT2D eigenvalue weighted by molar-refractivity contribution is -0.0486. The summed E-state index contributed by atoms with van der Waals surface area (Å²) in [6.45, 7) is -6.27. The third kappa shape index (κ3) is 7.39. The molecule has 0 aromatic carbocycles. The molecule has 2 aliphatic heterocycles. The van der Waals surface area contributed by atoms with E-state index in [0.29, 0.717) is 0 Å². The summed E-state index contributed by atoms with van der Waals surface area (Å²) >= 11 is 4.77. The van der Waals surface area contributed by atoms with Gasteiger partial charge in [0.25, 0.3) is 0 Å². The zero-order valence-electron chi connectivity index (χ0n) is 24.5. The average Bonchev–Trinajstić information content (AvgIpc) is 3.77. The highest BCUT2D eigenvalue weighted by Gasteiger charge is 2.48. The average molecular weight is 771 g/mol. The van der Waals surface area contributed by atoms with E-state index < -0.39 is 90.1 Å². The van der Waals surface area contributed by atoms with E-state index in [2.05, 4.69) is 34.2 Å². The predicted octanol–water partition coefficient (Wildman–Crippen LogP) is -2.34. The van der Waals surface area contributed by atoms with Crippen molar-refractivity contribution in [3.8, 4) is 0 Å². The van der Waals surface area contributed by atoms with Crippen LogP contribution in [0.25, 0.3) is 22.3 Å². The number of aromatic nitrogens is 8. The molecule has 0 amide bonds. The zero-order chi connectivity index (χ0) is 35.5. The Labute approximate surface area is 278 Å². The van der Waals surface area contributed by atoms with E-state index >= 15 is 0 Å². The largest absolute Gasteiger partial charge is 0.387 e. The summed E-state index contributed by atoms with van der Waals surface area (Å²) in [7, 11) is -10.3. The van der Waals surface area contributed by atoms with Crippen LogP contribution in [-0.2, 0) is 43.8 Å². The number of rotatable bonds is 12. The summed E-state index contributed by atoms with van der Waals surface area (Å²) in [4.78, 5) is 54.8. The van der Waals surface area contributed by atoms with Crippen LogP contribution in [-0.4, -0.2) is 130 Å². The Morgan fingerprint density at radius 2 is 1.16 bits per heavy atom. The van der Waals surface area contributed by atoms with Gasteiger partial charge in [-0.1, -0.05) is 0 Å². The maximum absolute atomic E-state index is 12.7. The number of nitrogens with zero attached hydrogens (tertiary/aromatic N) is 8. The monoisotopic (exact) mass is 770 g/mol. The van der Waals surface area contributed by atoms with Gasteiger partial charge >= 0.3 is 21.9 Å². The van der Waals surface area contributed by atoms with Crippen LogP contribution in [0.5, 0.6) is 0 Å². The Kier molecular flexibility index (Phi) is 9.93. The molecule has 0 radical (unpaired) electrons. The van der Waals surface area contributed by atoms with Crippen LogP contribution in [0.1, 0.15) is 12.5 Å². The Morgan fingerprint density at radius 1 is 0.714 bits per heavy atom. The number of aliphatic hydroxyl groups excluding tert-OH is 4. The lowest BCUT2D eigenvalue weighted by atomic mass is 10.1. The highest BCUT2D eigenvalue weighted by Crippen LogP contribution is 2.66. The number of nitrogens with two attached hydrogens (primary N) is 2. The van der Waals surface area contributed by atoms with Crippen molar-refractivity contribution in [1.29, 1.82) is 0 Å². The summed E-state index contributed by atoms with van der Waals surface area (Å²) in [6.07, 6.45) is -6.96. The van der Waals surface area contributed by atoms with E-state index in [9.17, 15) is 44.2 Å². The molecule has 0 aliphatic carbocycles. The van der Waals surface area contributed by atoms with Gasteiger partial charge in [0.1, 0.15) is 60.3 Å². The third-order valence-electron chi connectivity index (χ3n) is 7.43. The number of ether oxygens (including phenoxy) is 2. The van der Waals surface area contributed by atoms with Gasteiger partial charge in [-0.15, -0.1) is 0 Å². The van der Waals surface area contributed by atoms with Crippen molar-refractivity contribution < 1.29 is 67.1 Å². The molecular weight excluding hydrogens is 741 g/mol. The van der Waals surface area contributed by atoms with Crippen molar-refractivity contribution in [3.05, 3.63) is 25.3 Å². The van der Waals surface area contributed by atoms with Crippen LogP contribution < -0.4 is 11.5 Å². The molecule has 2 saturated heterocycles. The van der Waals surface area contributed by atoms with Crippen molar-refractivity contribution in [2.24, 2.45) is 0 Å². The SMILES string of the molecule is Nc1ncnc2c1ncn2C1OC(COP(=O)(O)CP(=O)(O)OP(O)(=S)OCC2OC(n3cnc4c(N)ncnc43)C(O)C2O)C(O)C1O. The number of fused-ring (bicyclic) bond motifs is 2. The first kappa shape index (κ1) is 36.1. The van der Waals surface area contributed by atoms with Crippen LogP contribution in [0.2, 0.25) is 0 Å². The fourth-order valence-corrected chi connectivity index (χ4v) is 11.3. The van der Waals surface area contributed by atoms with Crippen LogP contribution in [0.15, 0.2) is 25.3 Å². The summed E-state index contributed by atoms with van der Waals surface area (Å²) in [5, 5.41) is 42.1. The quantitative estimate of drug-likeness (QED) is 0.0682. The highest BCUT2D eigenvalue weighted by molar-refractivity contribution is 8.08. The second kappa shape index (κ2) is 13.5. The number of nitrogen functional groups attached to an aromatic ring is 2. The maximum Gasteiger partial charge on any atom is 0.347 e. The summed E-state index contributed by atoms with van der Waals surface area (Å²) in [5.74, 6) is -1.48. The van der Waals surface area contributed by atoms with E-state index in [-0.39, 0.29) is 34.0 Å². The molecule has 6 rings (SSSR count). The van der Waals surface area contributed by atoms with E-state index in [4.69, 9.17) is 41.8 Å². The van der Waals surface area contributed by atoms with Gasteiger partial charge in [-0.2, -0.15) is 0 Å². The van der Waals surface area contributed by atoms with Gasteiger partial charge in [-0.25, -0.2) is 34.2 Å². The second-order valence-corrected chi connectivity index (χ2v) is 18.0. The van der Waals surface area contributed by atoms with Gasteiger partial charge in [-0.05, 0) is 11.8 Å². The summed E-state index contributed by atoms with van der Waals surface area (Å²) < 4.78 is 53.8. The fourth-order valence-electron chi connectivity index (χ4n) is 5.14. The molecular formula is C21H29N10O14P3S. The number of aliphatic hydroxyl groups is 4. The summed E-state index contributed by atoms with van der Waals surface area (Å²) in [5.41, 5.74) is 12.3. The van der Waals surface area contributed by atoms with E-state index in [0.717, 1.165) is 12.7 Å². The van der Waals surface area contributed by atoms with Crippen LogP contribution in [0.4, 0.5) is 11.6 Å². The molecule has 4 aromatic rings. The first-order chi connectivity index (χ1) is 23.0. The lowest BCUT2D eigenvalue weighted by Gasteiger charge is -2.23. The Bertz CT molecular complexity index is 1870. The molecule has 0 bridgehead atoms. The van der Waals surface area contributed by atoms with Gasteiger partial charge in [-0.3, -0.25) is 18.3 Å². The van der Waals surface area contributed by atoms with Crippen molar-refractivity contribution in [2.45, 2.75) is 49.1 Å². The first-order valence-corrected chi connectivity index (χ1v) is 19.9. The molecule has 0 saturated carbocycles. The maximum atomic E-state index is 12.7. The molecule has 4 aromatic heterocycles. The van der Waals surface area contributed by atoms with Gasteiger partial charge in [0.15, 0.2) is 41.3 Å². The Balaban J connectivity index is 1.03. The fraction of sp³-hybridized carbons (Fsp3) is 0.524. The van der Waals surface area contributed by atoms with Gasteiger partial charge in [0.2, 0.25) is 0 Å². The van der Waals surface area contributed by atoms with Gasteiger partial charge in [0.05, 0.1) is 25.9 Å². The molecule has 2 aliphatic rings. The number of hydrogen-bond donors (Lipinski definition) is 9. The van der Waals surface area contributed by atoms with Crippen LogP contribution >= 0.6 is 21.9 Å². The predicted molar refractivity (Wildman–Crippen MR) is 165 cm³/mol.